The molecule has 62 heavy (non-hydrogen) atoms. The van der Waals surface area contributed by atoms with Gasteiger partial charge in [-0.25, -0.2) is 9.37 Å². The van der Waals surface area contributed by atoms with Crippen LogP contribution in [0.15, 0.2) is 65.7 Å². The summed E-state index contributed by atoms with van der Waals surface area (Å²) in [6, 6.07) is 16.2. The van der Waals surface area contributed by atoms with E-state index in [9.17, 15) is 32.9 Å². The van der Waals surface area contributed by atoms with Crippen LogP contribution in [0.1, 0.15) is 75.3 Å². The molecule has 3 N–H and O–H groups in total. The average Bonchev–Trinajstić information content (AvgIpc) is 3.27. The number of nitrogens with zero attached hydrogens (tertiary/aromatic N) is 6. The van der Waals surface area contributed by atoms with Crippen LogP contribution in [-0.4, -0.2) is 102 Å². The number of nitriles is 1. The van der Waals surface area contributed by atoms with Gasteiger partial charge in [0.2, 0.25) is 17.7 Å². The minimum absolute atomic E-state index is 0.0789. The number of hydrogen-bond donors (Lipinski definition) is 3. The van der Waals surface area contributed by atoms with Crippen molar-refractivity contribution in [3.8, 4) is 17.6 Å². The van der Waals surface area contributed by atoms with Crippen LogP contribution in [0.3, 0.4) is 0 Å². The zero-order valence-electron chi connectivity index (χ0n) is 34.9. The van der Waals surface area contributed by atoms with Gasteiger partial charge < -0.3 is 15.0 Å². The number of benzene rings is 3. The molecule has 3 amide bonds. The Labute approximate surface area is 360 Å². The second-order valence-electron chi connectivity index (χ2n) is 16.2. The van der Waals surface area contributed by atoms with Crippen molar-refractivity contribution in [3.63, 3.8) is 0 Å². The maximum atomic E-state index is 15.0. The molecule has 7 rings (SSSR count). The maximum Gasteiger partial charge on any atom is 0.301 e. The van der Waals surface area contributed by atoms with Crippen LogP contribution in [0, 0.1) is 23.1 Å². The highest BCUT2D eigenvalue weighted by molar-refractivity contribution is 7.90. The van der Waals surface area contributed by atoms with E-state index in [0.717, 1.165) is 73.7 Å². The van der Waals surface area contributed by atoms with E-state index in [1.165, 1.54) is 31.1 Å². The van der Waals surface area contributed by atoms with Crippen molar-refractivity contribution in [1.29, 1.82) is 5.26 Å². The Morgan fingerprint density at radius 2 is 1.76 bits per heavy atom. The van der Waals surface area contributed by atoms with Gasteiger partial charge in [0, 0.05) is 45.3 Å². The molecule has 1 atom stereocenters. The number of ether oxygens (including phenoxy) is 1. The van der Waals surface area contributed by atoms with Gasteiger partial charge in [0.1, 0.15) is 23.4 Å². The Hall–Kier alpha value is -5.90. The largest absolute Gasteiger partial charge is 0.453 e. The molecular formula is C44H52FN9O7S. The number of anilines is 2. The zero-order chi connectivity index (χ0) is 44.0. The Balaban J connectivity index is 0.856. The highest BCUT2D eigenvalue weighted by Gasteiger charge is 2.29. The van der Waals surface area contributed by atoms with Gasteiger partial charge in [0.25, 0.3) is 5.56 Å². The van der Waals surface area contributed by atoms with E-state index in [2.05, 4.69) is 37.4 Å². The van der Waals surface area contributed by atoms with Crippen molar-refractivity contribution < 1.29 is 31.9 Å². The molecule has 0 bridgehead atoms. The topological polar surface area (TPSA) is 199 Å². The Bertz CT molecular complexity index is 2510. The summed E-state index contributed by atoms with van der Waals surface area (Å²) < 4.78 is 50.9. The summed E-state index contributed by atoms with van der Waals surface area (Å²) in [5, 5.41) is 15.7. The molecule has 1 unspecified atom stereocenters. The van der Waals surface area contributed by atoms with Gasteiger partial charge >= 0.3 is 10.2 Å². The van der Waals surface area contributed by atoms with Crippen LogP contribution in [0.4, 0.5) is 15.8 Å². The lowest BCUT2D eigenvalue weighted by Crippen LogP contribution is -2.47. The number of imide groups is 1. The molecule has 3 aliphatic rings. The van der Waals surface area contributed by atoms with E-state index in [-0.39, 0.29) is 52.2 Å². The summed E-state index contributed by atoms with van der Waals surface area (Å²) in [6.45, 7) is 5.78. The molecule has 16 nitrogen and oxygen atoms in total. The molecule has 4 heterocycles. The Kier molecular flexibility index (Phi) is 13.8. The van der Waals surface area contributed by atoms with E-state index < -0.39 is 27.8 Å². The summed E-state index contributed by atoms with van der Waals surface area (Å²) in [5.74, 6) is -0.818. The number of aryl methyl sites for hydroxylation is 1. The number of carbonyl (C=O) groups excluding carboxylic acids is 3. The summed E-state index contributed by atoms with van der Waals surface area (Å²) in [4.78, 5) is 59.1. The number of likely N-dealkylation sites (tertiary alicyclic amines) is 2. The zero-order valence-corrected chi connectivity index (χ0v) is 35.8. The van der Waals surface area contributed by atoms with Gasteiger partial charge in [-0.05, 0) is 118 Å². The van der Waals surface area contributed by atoms with Crippen molar-refractivity contribution in [2.75, 3.05) is 56.4 Å². The standard InChI is InChI=1S/C44H52FN9O7S/c1-3-51(2)62(59,60)50-38-13-11-36(45)42(35(38)26-46)61-33-10-12-37-34(25-33)44(58)54(28-47-37)20-4-5-29-16-21-52(22-17-29)27-41(56)53-23-18-31(19-24-53)30-6-8-32(9-7-30)48-39-14-15-40(55)49-43(39)57/h6-13,25,28-29,31,39,48,50H,3-5,14-24,27H2,1-2H3,(H,49,55,57). The van der Waals surface area contributed by atoms with E-state index in [1.807, 2.05) is 23.1 Å². The Morgan fingerprint density at radius 3 is 2.45 bits per heavy atom. The summed E-state index contributed by atoms with van der Waals surface area (Å²) in [7, 11) is -2.64. The minimum Gasteiger partial charge on any atom is -0.453 e. The fraction of sp³-hybridized carbons (Fsp3) is 0.455. The Morgan fingerprint density at radius 1 is 1.02 bits per heavy atom. The average molecular weight is 870 g/mol. The molecule has 3 aromatic carbocycles. The molecule has 328 valence electrons. The highest BCUT2D eigenvalue weighted by atomic mass is 32.2. The van der Waals surface area contributed by atoms with Gasteiger partial charge in [0.15, 0.2) is 11.6 Å². The lowest BCUT2D eigenvalue weighted by atomic mass is 9.89. The minimum atomic E-state index is -4.00. The molecule has 1 aromatic heterocycles. The molecule has 0 saturated carbocycles. The first-order valence-electron chi connectivity index (χ1n) is 21.2. The van der Waals surface area contributed by atoms with Crippen molar-refractivity contribution in [2.45, 2.75) is 76.8 Å². The summed E-state index contributed by atoms with van der Waals surface area (Å²) in [5.41, 5.74) is 1.69. The number of nitrogens with one attached hydrogen (secondary N) is 3. The number of rotatable bonds is 15. The first-order valence-corrected chi connectivity index (χ1v) is 22.6. The van der Waals surface area contributed by atoms with Gasteiger partial charge in [-0.3, -0.25) is 38.7 Å². The molecule has 3 aliphatic heterocycles. The van der Waals surface area contributed by atoms with Gasteiger partial charge in [-0.1, -0.05) is 19.1 Å². The number of aromatic nitrogens is 2. The highest BCUT2D eigenvalue weighted by Crippen LogP contribution is 2.35. The van der Waals surface area contributed by atoms with Crippen molar-refractivity contribution in [2.24, 2.45) is 5.92 Å². The van der Waals surface area contributed by atoms with Gasteiger partial charge in [-0.2, -0.15) is 18.0 Å². The first-order chi connectivity index (χ1) is 29.8. The number of piperidine rings is 3. The molecule has 4 aromatic rings. The molecule has 3 saturated heterocycles. The fourth-order valence-electron chi connectivity index (χ4n) is 8.34. The number of amides is 3. The van der Waals surface area contributed by atoms with Crippen LogP contribution in [0.2, 0.25) is 0 Å². The molecule has 3 fully saturated rings. The van der Waals surface area contributed by atoms with E-state index in [0.29, 0.717) is 56.4 Å². The number of fused-ring (bicyclic) bond motifs is 1. The SMILES string of the molecule is CCN(C)S(=O)(=O)Nc1ccc(F)c(Oc2ccc3ncn(CCCC4CCN(CC(=O)N5CCC(c6ccc(NC7CCC(=O)NC7=O)cc6)CC5)CC4)c(=O)c3c2)c1C#N. The predicted molar refractivity (Wildman–Crippen MR) is 231 cm³/mol. The molecule has 0 spiro atoms. The molecular weight excluding hydrogens is 818 g/mol. The smallest absolute Gasteiger partial charge is 0.301 e. The second kappa shape index (κ2) is 19.4. The van der Waals surface area contributed by atoms with E-state index in [1.54, 1.807) is 17.6 Å². The third-order valence-electron chi connectivity index (χ3n) is 12.2. The summed E-state index contributed by atoms with van der Waals surface area (Å²) >= 11 is 0. The van der Waals surface area contributed by atoms with Crippen molar-refractivity contribution in [1.82, 2.24) is 29.0 Å². The van der Waals surface area contributed by atoms with Gasteiger partial charge in [0.05, 0.1) is 29.5 Å². The maximum absolute atomic E-state index is 15.0. The fourth-order valence-corrected chi connectivity index (χ4v) is 9.28. The van der Waals surface area contributed by atoms with Crippen LogP contribution in [-0.2, 0) is 31.1 Å². The van der Waals surface area contributed by atoms with Crippen molar-refractivity contribution in [3.05, 3.63) is 88.2 Å². The molecule has 0 radical (unpaired) electrons. The molecule has 0 aliphatic carbocycles. The van der Waals surface area contributed by atoms with Crippen molar-refractivity contribution >= 4 is 50.2 Å². The van der Waals surface area contributed by atoms with Crippen LogP contribution >= 0.6 is 0 Å². The third kappa shape index (κ3) is 10.4. The third-order valence-corrected chi connectivity index (χ3v) is 13.8. The van der Waals surface area contributed by atoms with Crippen LogP contribution in [0.5, 0.6) is 11.5 Å². The number of halogens is 1. The number of carbonyl (C=O) groups is 3. The van der Waals surface area contributed by atoms with Crippen LogP contribution in [0.25, 0.3) is 10.9 Å². The predicted octanol–water partition coefficient (Wildman–Crippen LogP) is 4.92. The number of hydrogen-bond acceptors (Lipinski definition) is 11. The lowest BCUT2D eigenvalue weighted by Gasteiger charge is -2.36. The van der Waals surface area contributed by atoms with E-state index >= 15 is 4.39 Å². The summed E-state index contributed by atoms with van der Waals surface area (Å²) in [6.07, 6.45) is 7.70. The monoisotopic (exact) mass is 869 g/mol. The lowest BCUT2D eigenvalue weighted by molar-refractivity contribution is -0.134. The van der Waals surface area contributed by atoms with E-state index in [4.69, 9.17) is 4.74 Å². The van der Waals surface area contributed by atoms with Crippen LogP contribution < -0.4 is 25.7 Å². The second-order valence-corrected chi connectivity index (χ2v) is 18.0. The van der Waals surface area contributed by atoms with Gasteiger partial charge in [-0.15, -0.1) is 0 Å². The normalized spacial score (nSPS) is 18.1. The molecule has 18 heteroatoms. The quantitative estimate of drug-likeness (QED) is 0.137. The first kappa shape index (κ1) is 44.2.